The van der Waals surface area contributed by atoms with Crippen molar-refractivity contribution in [2.24, 2.45) is 0 Å². The second-order valence-electron chi connectivity index (χ2n) is 4.49. The maximum absolute atomic E-state index is 5.53. The van der Waals surface area contributed by atoms with Crippen LogP contribution in [0.1, 0.15) is 24.7 Å². The van der Waals surface area contributed by atoms with Gasteiger partial charge in [-0.3, -0.25) is 4.98 Å². The molecule has 0 N–H and O–H groups in total. The predicted octanol–water partition coefficient (Wildman–Crippen LogP) is 3.03. The van der Waals surface area contributed by atoms with Crippen molar-refractivity contribution in [1.29, 1.82) is 0 Å². The molecule has 0 aliphatic carbocycles. The first-order valence-corrected chi connectivity index (χ1v) is 8.03. The summed E-state index contributed by atoms with van der Waals surface area (Å²) in [5, 5.41) is 0. The van der Waals surface area contributed by atoms with E-state index >= 15 is 0 Å². The number of thioether (sulfide) groups is 1. The fourth-order valence-corrected chi connectivity index (χ4v) is 2.63. The Bertz CT molecular complexity index is 539. The smallest absolute Gasteiger partial charge is 0.136 e. The van der Waals surface area contributed by atoms with Crippen molar-refractivity contribution in [2.45, 2.75) is 33.4 Å². The maximum Gasteiger partial charge on any atom is 0.136 e. The first kappa shape index (κ1) is 14.3. The topological polar surface area (TPSA) is 39.9 Å². The summed E-state index contributed by atoms with van der Waals surface area (Å²) in [6.07, 6.45) is 7.03. The zero-order valence-corrected chi connectivity index (χ0v) is 12.7. The number of pyridine rings is 1. The van der Waals surface area contributed by atoms with Crippen molar-refractivity contribution in [2.75, 3.05) is 18.6 Å². The third kappa shape index (κ3) is 3.28. The van der Waals surface area contributed by atoms with Crippen LogP contribution in [0.5, 0.6) is 0 Å². The van der Waals surface area contributed by atoms with E-state index in [1.807, 2.05) is 31.1 Å². The number of ether oxygens (including phenoxy) is 1. The van der Waals surface area contributed by atoms with Gasteiger partial charge in [-0.05, 0) is 37.8 Å². The fraction of sp³-hybridized carbons (Fsp3) is 0.571. The molecule has 0 unspecified atom stereocenters. The molecular formula is C14H21N3OS. The van der Waals surface area contributed by atoms with Gasteiger partial charge >= 0.3 is 0 Å². The Morgan fingerprint density at radius 2 is 2.21 bits per heavy atom. The first-order valence-electron chi connectivity index (χ1n) is 6.64. The van der Waals surface area contributed by atoms with Gasteiger partial charge in [0.2, 0.25) is 0 Å². The van der Waals surface area contributed by atoms with E-state index in [0.29, 0.717) is 13.2 Å². The van der Waals surface area contributed by atoms with Crippen LogP contribution in [0.25, 0.3) is 11.0 Å². The molecule has 0 fully saturated rings. The highest BCUT2D eigenvalue weighted by molar-refractivity contribution is 7.98. The minimum Gasteiger partial charge on any atom is -0.374 e. The van der Waals surface area contributed by atoms with Gasteiger partial charge < -0.3 is 9.30 Å². The van der Waals surface area contributed by atoms with Gasteiger partial charge in [0.05, 0.1) is 11.7 Å². The van der Waals surface area contributed by atoms with Crippen LogP contribution in [0.3, 0.4) is 0 Å². The third-order valence-electron chi connectivity index (χ3n) is 3.08. The van der Waals surface area contributed by atoms with Crippen molar-refractivity contribution in [3.05, 3.63) is 23.8 Å². The van der Waals surface area contributed by atoms with E-state index < -0.39 is 0 Å². The molecule has 0 spiro atoms. The number of aryl methyl sites for hydroxylation is 2. The van der Waals surface area contributed by atoms with Crippen LogP contribution >= 0.6 is 11.8 Å². The molecule has 2 aromatic rings. The summed E-state index contributed by atoms with van der Waals surface area (Å²) in [5.41, 5.74) is 3.35. The molecule has 0 saturated carbocycles. The molecule has 2 rings (SSSR count). The van der Waals surface area contributed by atoms with E-state index in [9.17, 15) is 0 Å². The minimum absolute atomic E-state index is 0.573. The standard InChI is InChI=1S/C14H21N3OS/c1-4-18-10-13-16-12-9-15-8-11(2)14(12)17(13)6-5-7-19-3/h8-9H,4-7,10H2,1-3H3. The Labute approximate surface area is 118 Å². The lowest BCUT2D eigenvalue weighted by Gasteiger charge is -2.10. The average molecular weight is 279 g/mol. The molecule has 0 aromatic carbocycles. The van der Waals surface area contributed by atoms with Gasteiger partial charge in [-0.1, -0.05) is 0 Å². The Morgan fingerprint density at radius 1 is 1.37 bits per heavy atom. The molecule has 0 radical (unpaired) electrons. The van der Waals surface area contributed by atoms with Crippen molar-refractivity contribution in [3.8, 4) is 0 Å². The van der Waals surface area contributed by atoms with E-state index in [0.717, 1.165) is 30.1 Å². The molecule has 104 valence electrons. The van der Waals surface area contributed by atoms with E-state index in [2.05, 4.69) is 27.7 Å². The van der Waals surface area contributed by atoms with Crippen LogP contribution in [0.15, 0.2) is 12.4 Å². The highest BCUT2D eigenvalue weighted by atomic mass is 32.2. The molecule has 0 aliphatic rings. The highest BCUT2D eigenvalue weighted by Crippen LogP contribution is 2.20. The van der Waals surface area contributed by atoms with Gasteiger partial charge in [-0.15, -0.1) is 0 Å². The van der Waals surface area contributed by atoms with Crippen LogP contribution in [0, 0.1) is 6.92 Å². The monoisotopic (exact) mass is 279 g/mol. The summed E-state index contributed by atoms with van der Waals surface area (Å²) in [5.74, 6) is 2.17. The summed E-state index contributed by atoms with van der Waals surface area (Å²) < 4.78 is 7.82. The maximum atomic E-state index is 5.53. The number of fused-ring (bicyclic) bond motifs is 1. The Morgan fingerprint density at radius 3 is 2.95 bits per heavy atom. The molecule has 2 heterocycles. The Balaban J connectivity index is 2.35. The van der Waals surface area contributed by atoms with Gasteiger partial charge in [0.15, 0.2) is 0 Å². The zero-order valence-electron chi connectivity index (χ0n) is 11.8. The van der Waals surface area contributed by atoms with Crippen LogP contribution in [-0.4, -0.2) is 33.2 Å². The van der Waals surface area contributed by atoms with E-state index in [-0.39, 0.29) is 0 Å². The van der Waals surface area contributed by atoms with Crippen molar-refractivity contribution in [1.82, 2.24) is 14.5 Å². The second-order valence-corrected chi connectivity index (χ2v) is 5.47. The summed E-state index contributed by atoms with van der Waals surface area (Å²) in [6, 6.07) is 0. The highest BCUT2D eigenvalue weighted by Gasteiger charge is 2.12. The minimum atomic E-state index is 0.573. The molecule has 4 nitrogen and oxygen atoms in total. The Kier molecular flexibility index (Phi) is 5.22. The molecule has 0 bridgehead atoms. The van der Waals surface area contributed by atoms with E-state index in [1.165, 1.54) is 11.1 Å². The van der Waals surface area contributed by atoms with Crippen LogP contribution in [0.2, 0.25) is 0 Å². The molecule has 5 heteroatoms. The van der Waals surface area contributed by atoms with E-state index in [4.69, 9.17) is 4.74 Å². The van der Waals surface area contributed by atoms with Gasteiger partial charge in [-0.2, -0.15) is 11.8 Å². The lowest BCUT2D eigenvalue weighted by molar-refractivity contribution is 0.126. The van der Waals surface area contributed by atoms with E-state index in [1.54, 1.807) is 0 Å². The molecular weight excluding hydrogens is 258 g/mol. The van der Waals surface area contributed by atoms with Crippen LogP contribution < -0.4 is 0 Å². The quantitative estimate of drug-likeness (QED) is 0.730. The SMILES string of the molecule is CCOCc1nc2cncc(C)c2n1CCCSC. The van der Waals surface area contributed by atoms with Gasteiger partial charge in [0.1, 0.15) is 17.9 Å². The van der Waals surface area contributed by atoms with Gasteiger partial charge in [0.25, 0.3) is 0 Å². The molecule has 2 aromatic heterocycles. The van der Waals surface area contributed by atoms with Crippen molar-refractivity contribution in [3.63, 3.8) is 0 Å². The molecule has 0 atom stereocenters. The number of hydrogen-bond acceptors (Lipinski definition) is 4. The molecule has 0 saturated heterocycles. The number of aromatic nitrogens is 3. The Hall–Kier alpha value is -1.07. The number of nitrogens with zero attached hydrogens (tertiary/aromatic N) is 3. The number of imidazole rings is 1. The summed E-state index contributed by atoms with van der Waals surface area (Å²) in [6.45, 7) is 6.37. The van der Waals surface area contributed by atoms with Crippen LogP contribution in [0.4, 0.5) is 0 Å². The predicted molar refractivity (Wildman–Crippen MR) is 80.6 cm³/mol. The second kappa shape index (κ2) is 6.91. The number of rotatable bonds is 7. The van der Waals surface area contributed by atoms with Crippen molar-refractivity contribution < 1.29 is 4.74 Å². The lowest BCUT2D eigenvalue weighted by atomic mass is 10.2. The third-order valence-corrected chi connectivity index (χ3v) is 3.77. The van der Waals surface area contributed by atoms with Crippen molar-refractivity contribution >= 4 is 22.8 Å². The normalized spacial score (nSPS) is 11.3. The molecule has 0 amide bonds. The first-order chi connectivity index (χ1) is 9.27. The fourth-order valence-electron chi connectivity index (χ4n) is 2.22. The molecule has 19 heavy (non-hydrogen) atoms. The zero-order chi connectivity index (χ0) is 13.7. The molecule has 0 aliphatic heterocycles. The summed E-state index contributed by atoms with van der Waals surface area (Å²) in [4.78, 5) is 8.88. The van der Waals surface area contributed by atoms with Gasteiger partial charge in [0, 0.05) is 19.3 Å². The lowest BCUT2D eigenvalue weighted by Crippen LogP contribution is -2.07. The summed E-state index contributed by atoms with van der Waals surface area (Å²) >= 11 is 1.88. The summed E-state index contributed by atoms with van der Waals surface area (Å²) in [7, 11) is 0. The number of hydrogen-bond donors (Lipinski definition) is 0. The van der Waals surface area contributed by atoms with Gasteiger partial charge in [-0.25, -0.2) is 4.98 Å². The largest absolute Gasteiger partial charge is 0.374 e. The average Bonchev–Trinajstić information content (AvgIpc) is 2.76. The van der Waals surface area contributed by atoms with Crippen LogP contribution in [-0.2, 0) is 17.9 Å².